The first-order valence-corrected chi connectivity index (χ1v) is 7.11. The van der Waals surface area contributed by atoms with E-state index < -0.39 is 0 Å². The number of benzene rings is 1. The van der Waals surface area contributed by atoms with Crippen molar-refractivity contribution < 1.29 is 4.74 Å². The van der Waals surface area contributed by atoms with Crippen molar-refractivity contribution in [1.82, 2.24) is 4.98 Å². The Bertz CT molecular complexity index is 659. The van der Waals surface area contributed by atoms with Crippen LogP contribution in [0.1, 0.15) is 12.5 Å². The van der Waals surface area contributed by atoms with Crippen LogP contribution in [0, 0.1) is 0 Å². The summed E-state index contributed by atoms with van der Waals surface area (Å²) in [4.78, 5) is 7.39. The Kier molecular flexibility index (Phi) is 3.54. The number of hydrogen-bond donors (Lipinski definition) is 1. The number of para-hydroxylation sites is 1. The van der Waals surface area contributed by atoms with Crippen LogP contribution in [0.4, 0.5) is 5.82 Å². The van der Waals surface area contributed by atoms with Crippen molar-refractivity contribution >= 4 is 33.9 Å². The number of thiocarbonyl (C=S) groups is 1. The third-order valence-corrected chi connectivity index (χ3v) is 3.83. The lowest BCUT2D eigenvalue weighted by Crippen LogP contribution is -2.45. The van der Waals surface area contributed by atoms with Gasteiger partial charge in [0.15, 0.2) is 0 Å². The number of pyridine rings is 1. The zero-order valence-electron chi connectivity index (χ0n) is 11.4. The minimum Gasteiger partial charge on any atom is -0.389 e. The van der Waals surface area contributed by atoms with Crippen LogP contribution in [0.2, 0.25) is 0 Å². The van der Waals surface area contributed by atoms with E-state index in [0.717, 1.165) is 28.8 Å². The van der Waals surface area contributed by atoms with Crippen LogP contribution in [-0.4, -0.2) is 35.8 Å². The highest BCUT2D eigenvalue weighted by atomic mass is 32.1. The van der Waals surface area contributed by atoms with Crippen LogP contribution >= 0.6 is 12.2 Å². The van der Waals surface area contributed by atoms with E-state index in [2.05, 4.69) is 11.8 Å². The fraction of sp³-hybridized carbons (Fsp3) is 0.333. The minimum absolute atomic E-state index is 0.269. The van der Waals surface area contributed by atoms with Crippen LogP contribution in [0.15, 0.2) is 30.3 Å². The van der Waals surface area contributed by atoms with Crippen LogP contribution < -0.4 is 10.6 Å². The number of fused-ring (bicyclic) bond motifs is 1. The van der Waals surface area contributed by atoms with Gasteiger partial charge in [-0.3, -0.25) is 0 Å². The Labute approximate surface area is 123 Å². The molecule has 2 heterocycles. The quantitative estimate of drug-likeness (QED) is 0.857. The molecule has 104 valence electrons. The molecule has 1 atom stereocenters. The van der Waals surface area contributed by atoms with Gasteiger partial charge in [0.25, 0.3) is 0 Å². The van der Waals surface area contributed by atoms with Gasteiger partial charge in [-0.25, -0.2) is 4.98 Å². The predicted octanol–water partition coefficient (Wildman–Crippen LogP) is 2.09. The summed E-state index contributed by atoms with van der Waals surface area (Å²) in [5.41, 5.74) is 7.69. The van der Waals surface area contributed by atoms with E-state index in [0.29, 0.717) is 18.2 Å². The predicted molar refractivity (Wildman–Crippen MR) is 85.3 cm³/mol. The second-order valence-corrected chi connectivity index (χ2v) is 5.47. The zero-order valence-corrected chi connectivity index (χ0v) is 12.2. The normalized spacial score (nSPS) is 19.2. The van der Waals surface area contributed by atoms with E-state index in [1.54, 1.807) is 0 Å². The molecule has 1 aromatic carbocycles. The maximum absolute atomic E-state index is 5.89. The summed E-state index contributed by atoms with van der Waals surface area (Å²) in [7, 11) is 0. The van der Waals surface area contributed by atoms with Gasteiger partial charge in [0.1, 0.15) is 10.8 Å². The van der Waals surface area contributed by atoms with Crippen molar-refractivity contribution in [3.8, 4) is 0 Å². The van der Waals surface area contributed by atoms with Crippen molar-refractivity contribution in [2.24, 2.45) is 5.73 Å². The number of rotatable bonds is 2. The summed E-state index contributed by atoms with van der Waals surface area (Å²) < 4.78 is 5.49. The standard InChI is InChI=1S/C15H17N3OS/c1-10-9-19-7-6-18(10)15-12(14(16)20)8-11-4-2-3-5-13(11)17-15/h2-5,8,10H,6-7,9H2,1H3,(H2,16,20). The van der Waals surface area contributed by atoms with Gasteiger partial charge in [0.2, 0.25) is 0 Å². The Morgan fingerprint density at radius 3 is 3.00 bits per heavy atom. The molecule has 1 aromatic heterocycles. The summed E-state index contributed by atoms with van der Waals surface area (Å²) in [5, 5.41) is 1.06. The van der Waals surface area contributed by atoms with Gasteiger partial charge in [0, 0.05) is 11.9 Å². The van der Waals surface area contributed by atoms with Crippen LogP contribution in [0.5, 0.6) is 0 Å². The molecule has 2 aromatic rings. The van der Waals surface area contributed by atoms with Gasteiger partial charge < -0.3 is 15.4 Å². The highest BCUT2D eigenvalue weighted by molar-refractivity contribution is 7.80. The molecule has 1 unspecified atom stereocenters. The summed E-state index contributed by atoms with van der Waals surface area (Å²) in [6.45, 7) is 4.34. The van der Waals surface area contributed by atoms with Gasteiger partial charge in [-0.1, -0.05) is 30.4 Å². The molecule has 3 rings (SSSR count). The second-order valence-electron chi connectivity index (χ2n) is 5.03. The van der Waals surface area contributed by atoms with Crippen molar-refractivity contribution in [2.75, 3.05) is 24.7 Å². The molecule has 0 bridgehead atoms. The van der Waals surface area contributed by atoms with E-state index in [1.807, 2.05) is 30.3 Å². The van der Waals surface area contributed by atoms with Gasteiger partial charge in [-0.2, -0.15) is 0 Å². The third-order valence-electron chi connectivity index (χ3n) is 3.61. The van der Waals surface area contributed by atoms with E-state index in [9.17, 15) is 0 Å². The molecule has 2 N–H and O–H groups in total. The van der Waals surface area contributed by atoms with Gasteiger partial charge >= 0.3 is 0 Å². The highest BCUT2D eigenvalue weighted by Gasteiger charge is 2.23. The van der Waals surface area contributed by atoms with Crippen LogP contribution in [0.3, 0.4) is 0 Å². The molecule has 0 radical (unpaired) electrons. The molecule has 0 aliphatic carbocycles. The zero-order chi connectivity index (χ0) is 14.1. The molecule has 1 aliphatic rings. The SMILES string of the molecule is CC1COCCN1c1nc2ccccc2cc1C(N)=S. The number of ether oxygens (including phenoxy) is 1. The second kappa shape index (κ2) is 5.34. The lowest BCUT2D eigenvalue weighted by molar-refractivity contribution is 0.0985. The fourth-order valence-electron chi connectivity index (χ4n) is 2.55. The highest BCUT2D eigenvalue weighted by Crippen LogP contribution is 2.26. The molecule has 0 amide bonds. The van der Waals surface area contributed by atoms with Crippen LogP contribution in [-0.2, 0) is 4.74 Å². The minimum atomic E-state index is 0.269. The van der Waals surface area contributed by atoms with Gasteiger partial charge in [-0.05, 0) is 19.1 Å². The monoisotopic (exact) mass is 287 g/mol. The number of anilines is 1. The maximum atomic E-state index is 5.89. The molecule has 0 spiro atoms. The number of hydrogen-bond acceptors (Lipinski definition) is 4. The van der Waals surface area contributed by atoms with Gasteiger partial charge in [-0.15, -0.1) is 0 Å². The molecular weight excluding hydrogens is 270 g/mol. The topological polar surface area (TPSA) is 51.4 Å². The molecule has 1 saturated heterocycles. The lowest BCUT2D eigenvalue weighted by Gasteiger charge is -2.35. The summed E-state index contributed by atoms with van der Waals surface area (Å²) in [5.74, 6) is 0.868. The van der Waals surface area contributed by atoms with E-state index in [4.69, 9.17) is 27.7 Å². The molecule has 5 heteroatoms. The van der Waals surface area contributed by atoms with Crippen molar-refractivity contribution in [1.29, 1.82) is 0 Å². The summed E-state index contributed by atoms with van der Waals surface area (Å²) in [6.07, 6.45) is 0. The number of nitrogens with two attached hydrogens (primary N) is 1. The molecule has 0 saturated carbocycles. The van der Waals surface area contributed by atoms with Gasteiger partial charge in [0.05, 0.1) is 30.3 Å². The van der Waals surface area contributed by atoms with E-state index >= 15 is 0 Å². The van der Waals surface area contributed by atoms with Crippen molar-refractivity contribution in [3.05, 3.63) is 35.9 Å². The van der Waals surface area contributed by atoms with Crippen molar-refractivity contribution in [3.63, 3.8) is 0 Å². The van der Waals surface area contributed by atoms with Crippen LogP contribution in [0.25, 0.3) is 10.9 Å². The van der Waals surface area contributed by atoms with Crippen molar-refractivity contribution in [2.45, 2.75) is 13.0 Å². The molecule has 1 fully saturated rings. The lowest BCUT2D eigenvalue weighted by atomic mass is 10.1. The Hall–Kier alpha value is -1.72. The average Bonchev–Trinajstić information content (AvgIpc) is 2.46. The summed E-state index contributed by atoms with van der Waals surface area (Å²) in [6, 6.07) is 10.3. The molecule has 1 aliphatic heterocycles. The smallest absolute Gasteiger partial charge is 0.139 e. The Morgan fingerprint density at radius 1 is 1.45 bits per heavy atom. The fourth-order valence-corrected chi connectivity index (χ4v) is 2.70. The molecular formula is C15H17N3OS. The molecule has 4 nitrogen and oxygen atoms in total. The number of nitrogens with zero attached hydrogens (tertiary/aromatic N) is 2. The number of morpholine rings is 1. The summed E-state index contributed by atoms with van der Waals surface area (Å²) >= 11 is 5.20. The first-order chi connectivity index (χ1) is 9.66. The first-order valence-electron chi connectivity index (χ1n) is 6.71. The van der Waals surface area contributed by atoms with E-state index in [1.165, 1.54) is 0 Å². The average molecular weight is 287 g/mol. The number of aromatic nitrogens is 1. The molecule has 20 heavy (non-hydrogen) atoms. The Balaban J connectivity index is 2.16. The largest absolute Gasteiger partial charge is 0.389 e. The first kappa shape index (κ1) is 13.3. The van der Waals surface area contributed by atoms with E-state index in [-0.39, 0.29) is 6.04 Å². The third kappa shape index (κ3) is 2.34. The maximum Gasteiger partial charge on any atom is 0.139 e. The Morgan fingerprint density at radius 2 is 2.25 bits per heavy atom.